The Hall–Kier alpha value is -5.25. The molecule has 3 N–H and O–H groups in total. The van der Waals surface area contributed by atoms with E-state index < -0.39 is 17.3 Å². The summed E-state index contributed by atoms with van der Waals surface area (Å²) in [5, 5.41) is 15.8. The van der Waals surface area contributed by atoms with Crippen LogP contribution in [0.1, 0.15) is 72.5 Å². The fourth-order valence-corrected chi connectivity index (χ4v) is 6.79. The van der Waals surface area contributed by atoms with Crippen LogP contribution < -0.4 is 15.4 Å². The van der Waals surface area contributed by atoms with Crippen LogP contribution in [0.4, 0.5) is 10.1 Å². The topological polar surface area (TPSA) is 123 Å². The van der Waals surface area contributed by atoms with Gasteiger partial charge in [0.15, 0.2) is 0 Å². The third kappa shape index (κ3) is 6.40. The van der Waals surface area contributed by atoms with Crippen molar-refractivity contribution in [1.82, 2.24) is 14.9 Å². The van der Waals surface area contributed by atoms with E-state index in [-0.39, 0.29) is 17.9 Å². The van der Waals surface area contributed by atoms with Crippen LogP contribution in [0.2, 0.25) is 0 Å². The average Bonchev–Trinajstić information content (AvgIpc) is 3.67. The van der Waals surface area contributed by atoms with Gasteiger partial charge in [-0.1, -0.05) is 31.4 Å². The number of anilines is 1. The highest BCUT2D eigenvalue weighted by molar-refractivity contribution is 6.06. The molecule has 1 fully saturated rings. The van der Waals surface area contributed by atoms with Crippen molar-refractivity contribution in [3.8, 4) is 17.1 Å². The Balaban J connectivity index is 1.29. The smallest absolute Gasteiger partial charge is 0.328 e. The van der Waals surface area contributed by atoms with Gasteiger partial charge in [-0.05, 0) is 86.7 Å². The lowest BCUT2D eigenvalue weighted by Gasteiger charge is -2.29. The predicted octanol–water partition coefficient (Wildman–Crippen LogP) is 7.22. The lowest BCUT2D eigenvalue weighted by Crippen LogP contribution is -2.55. The predicted molar refractivity (Wildman–Crippen MR) is 179 cm³/mol. The normalized spacial score (nSPS) is 16.1. The van der Waals surface area contributed by atoms with E-state index in [4.69, 9.17) is 9.84 Å². The fraction of sp³-hybridized carbons (Fsp3) is 0.297. The van der Waals surface area contributed by atoms with Crippen molar-refractivity contribution < 1.29 is 28.6 Å². The molecular formula is C37H37FN4O5. The van der Waals surface area contributed by atoms with E-state index in [0.29, 0.717) is 41.1 Å². The maximum Gasteiger partial charge on any atom is 0.328 e. The Morgan fingerprint density at radius 1 is 1.04 bits per heavy atom. The number of aryl methyl sites for hydroxylation is 1. The number of carboxylic acids is 1. The number of hydrogen-bond acceptors (Lipinski definition) is 5. The molecule has 2 heterocycles. The van der Waals surface area contributed by atoms with Gasteiger partial charge in [0, 0.05) is 45.9 Å². The minimum absolute atomic E-state index is 0.277. The van der Waals surface area contributed by atoms with Crippen molar-refractivity contribution >= 4 is 40.4 Å². The first-order valence-electron chi connectivity index (χ1n) is 15.8. The number of aromatic nitrogens is 2. The number of methoxy groups -OCH3 is 1. The molecule has 2 aromatic carbocycles. The summed E-state index contributed by atoms with van der Waals surface area (Å²) < 4.78 is 21.5. The molecule has 4 aromatic rings. The molecule has 2 amide bonds. The zero-order chi connectivity index (χ0) is 33.1. The molecule has 0 saturated heterocycles. The Kier molecular flexibility index (Phi) is 8.93. The summed E-state index contributed by atoms with van der Waals surface area (Å²) in [7, 11) is 1.46. The molecule has 0 spiro atoms. The molecule has 6 rings (SSSR count). The number of nitrogens with one attached hydrogen (secondary N) is 2. The first kappa shape index (κ1) is 31.7. The molecule has 0 aliphatic heterocycles. The first-order valence-corrected chi connectivity index (χ1v) is 15.8. The number of rotatable bonds is 9. The maximum absolute atomic E-state index is 13.8. The molecule has 9 nitrogen and oxygen atoms in total. The number of fused-ring (bicyclic) bond motifs is 1. The Labute approximate surface area is 272 Å². The molecule has 1 saturated carbocycles. The number of pyridine rings is 1. The van der Waals surface area contributed by atoms with E-state index in [2.05, 4.69) is 20.2 Å². The zero-order valence-electron chi connectivity index (χ0n) is 26.4. The molecular weight excluding hydrogens is 599 g/mol. The number of aliphatic carboxylic acids is 1. The van der Waals surface area contributed by atoms with Crippen LogP contribution in [0.25, 0.3) is 28.4 Å². The van der Waals surface area contributed by atoms with Crippen molar-refractivity contribution in [3.05, 3.63) is 95.5 Å². The van der Waals surface area contributed by atoms with Crippen LogP contribution in [0, 0.1) is 12.7 Å². The van der Waals surface area contributed by atoms with Gasteiger partial charge in [-0.15, -0.1) is 0 Å². The van der Waals surface area contributed by atoms with Gasteiger partial charge in [0.05, 0.1) is 24.7 Å². The standard InChI is InChI=1S/C37H37FN4O5/c1-23-29-20-25(11-16-31(29)42(28-8-4-3-5-9-28)34(23)30-15-13-26(38)22-39-30)35(45)41-37(18-6-7-19-37)36(46)40-27-14-10-24(12-17-33(43)44)32(21-27)47-2/h6-7,10-17,20-22,28H,3-5,8-9,18-19H2,1-2H3,(H,40,46)(H,41,45)(H,43,44)/b17-12+. The van der Waals surface area contributed by atoms with E-state index in [0.717, 1.165) is 53.9 Å². The van der Waals surface area contributed by atoms with Gasteiger partial charge in [-0.2, -0.15) is 0 Å². The molecule has 2 aromatic heterocycles. The minimum Gasteiger partial charge on any atom is -0.496 e. The Morgan fingerprint density at radius 2 is 1.81 bits per heavy atom. The van der Waals surface area contributed by atoms with Crippen molar-refractivity contribution in [2.45, 2.75) is 63.5 Å². The first-order chi connectivity index (χ1) is 22.7. The summed E-state index contributed by atoms with van der Waals surface area (Å²) in [5.41, 5.74) is 3.79. The number of hydrogen-bond donors (Lipinski definition) is 3. The van der Waals surface area contributed by atoms with Crippen molar-refractivity contribution in [2.75, 3.05) is 12.4 Å². The Morgan fingerprint density at radius 3 is 2.49 bits per heavy atom. The fourth-order valence-electron chi connectivity index (χ4n) is 6.79. The second-order valence-corrected chi connectivity index (χ2v) is 12.2. The maximum atomic E-state index is 13.8. The van der Waals surface area contributed by atoms with Gasteiger partial charge < -0.3 is 25.0 Å². The summed E-state index contributed by atoms with van der Waals surface area (Å²) in [6.07, 6.45) is 13.6. The van der Waals surface area contributed by atoms with E-state index in [1.165, 1.54) is 31.9 Å². The second kappa shape index (κ2) is 13.2. The number of carboxylic acid groups (broad SMARTS) is 1. The second-order valence-electron chi connectivity index (χ2n) is 12.2. The van der Waals surface area contributed by atoms with Gasteiger partial charge in [0.25, 0.3) is 11.8 Å². The van der Waals surface area contributed by atoms with Crippen LogP contribution in [-0.4, -0.2) is 45.1 Å². The molecule has 2 aliphatic carbocycles. The number of benzene rings is 2. The number of nitrogens with zero attached hydrogens (tertiary/aromatic N) is 2. The molecule has 10 heteroatoms. The number of halogens is 1. The van der Waals surface area contributed by atoms with Gasteiger partial charge in [0.2, 0.25) is 0 Å². The van der Waals surface area contributed by atoms with Crippen molar-refractivity contribution in [3.63, 3.8) is 0 Å². The molecule has 0 atom stereocenters. The van der Waals surface area contributed by atoms with Crippen LogP contribution >= 0.6 is 0 Å². The Bertz CT molecular complexity index is 1900. The van der Waals surface area contributed by atoms with Gasteiger partial charge in [-0.3, -0.25) is 14.6 Å². The summed E-state index contributed by atoms with van der Waals surface area (Å²) in [6, 6.07) is 13.9. The van der Waals surface area contributed by atoms with E-state index in [1.807, 2.05) is 31.2 Å². The zero-order valence-corrected chi connectivity index (χ0v) is 26.4. The minimum atomic E-state index is -1.20. The summed E-state index contributed by atoms with van der Waals surface area (Å²) in [5.74, 6) is -1.84. The van der Waals surface area contributed by atoms with Crippen LogP contribution in [0.15, 0.2) is 73.0 Å². The van der Waals surface area contributed by atoms with Gasteiger partial charge >= 0.3 is 5.97 Å². The lowest BCUT2D eigenvalue weighted by atomic mass is 9.94. The molecule has 47 heavy (non-hydrogen) atoms. The van der Waals surface area contributed by atoms with Crippen LogP contribution in [0.3, 0.4) is 0 Å². The monoisotopic (exact) mass is 636 g/mol. The number of carbonyl (C=O) groups is 3. The largest absolute Gasteiger partial charge is 0.496 e. The molecule has 0 unspecified atom stereocenters. The highest BCUT2D eigenvalue weighted by Crippen LogP contribution is 2.40. The van der Waals surface area contributed by atoms with E-state index in [1.54, 1.807) is 30.3 Å². The quantitative estimate of drug-likeness (QED) is 0.132. The van der Waals surface area contributed by atoms with Crippen molar-refractivity contribution in [2.24, 2.45) is 0 Å². The molecule has 0 bridgehead atoms. The van der Waals surface area contributed by atoms with Gasteiger partial charge in [0.1, 0.15) is 17.1 Å². The molecule has 0 radical (unpaired) electrons. The van der Waals surface area contributed by atoms with Gasteiger partial charge in [-0.25, -0.2) is 9.18 Å². The van der Waals surface area contributed by atoms with E-state index >= 15 is 0 Å². The number of ether oxygens (including phenoxy) is 1. The molecule has 2 aliphatic rings. The molecule has 242 valence electrons. The SMILES string of the molecule is COc1cc(NC(=O)C2(NC(=O)c3ccc4c(c3)c(C)c(-c3ccc(F)cn3)n4C3CCCCC3)CC=CC2)ccc1/C=C/C(=O)O. The summed E-state index contributed by atoms with van der Waals surface area (Å²) in [6.45, 7) is 2.01. The average molecular weight is 637 g/mol. The summed E-state index contributed by atoms with van der Waals surface area (Å²) >= 11 is 0. The third-order valence-corrected chi connectivity index (χ3v) is 9.21. The lowest BCUT2D eigenvalue weighted by molar-refractivity contribution is -0.131. The summed E-state index contributed by atoms with van der Waals surface area (Å²) in [4.78, 5) is 42.9. The van der Waals surface area contributed by atoms with Crippen molar-refractivity contribution in [1.29, 1.82) is 0 Å². The highest BCUT2D eigenvalue weighted by Gasteiger charge is 2.41. The van der Waals surface area contributed by atoms with Crippen LogP contribution in [-0.2, 0) is 9.59 Å². The van der Waals surface area contributed by atoms with Crippen LogP contribution in [0.5, 0.6) is 5.75 Å². The van der Waals surface area contributed by atoms with E-state index in [9.17, 15) is 18.8 Å². The number of carbonyl (C=O) groups excluding carboxylic acids is 2. The third-order valence-electron chi connectivity index (χ3n) is 9.21. The highest BCUT2D eigenvalue weighted by atomic mass is 19.1. The number of amides is 2.